The van der Waals surface area contributed by atoms with Gasteiger partial charge < -0.3 is 40.6 Å². The first-order valence-corrected chi connectivity index (χ1v) is 30.7. The summed E-state index contributed by atoms with van der Waals surface area (Å²) in [6.07, 6.45) is 1.39. The van der Waals surface area contributed by atoms with Gasteiger partial charge in [0.25, 0.3) is 0 Å². The number of H-pyrrole nitrogens is 2. The van der Waals surface area contributed by atoms with Gasteiger partial charge in [-0.2, -0.15) is 10.4 Å². The van der Waals surface area contributed by atoms with Crippen LogP contribution in [0.25, 0.3) is 50.4 Å². The summed E-state index contributed by atoms with van der Waals surface area (Å²) < 4.78 is 19.9. The van der Waals surface area contributed by atoms with Crippen LogP contribution in [0.3, 0.4) is 0 Å². The zero-order valence-electron chi connectivity index (χ0n) is 52.1. The average Bonchev–Trinajstić information content (AvgIpc) is 1.57. The molecule has 2 saturated heterocycles. The zero-order chi connectivity index (χ0) is 67.1. The summed E-state index contributed by atoms with van der Waals surface area (Å²) in [4.78, 5) is 15.2. The molecule has 0 radical (unpaired) electrons. The monoisotopic (exact) mass is 1360 g/mol. The summed E-state index contributed by atoms with van der Waals surface area (Å²) in [5, 5.41) is 83.1. The molecule has 9 aromatic rings. The van der Waals surface area contributed by atoms with Gasteiger partial charge >= 0.3 is 6.09 Å². The molecule has 0 spiro atoms. The molecular formula is C61H72Cl5N19O7. The fraction of sp³-hybridized carbons (Fsp3) is 0.410. The summed E-state index contributed by atoms with van der Waals surface area (Å²) in [7, 11) is 3.53. The number of aliphatic hydroxyl groups is 3. The molecule has 5 atom stereocenters. The summed E-state index contributed by atoms with van der Waals surface area (Å²) >= 11 is 30.5. The molecule has 11 rings (SSSR count). The highest BCUT2D eigenvalue weighted by Crippen LogP contribution is 2.40. The molecule has 2 aliphatic rings. The molecule has 5 aromatic carbocycles. The second-order valence-corrected chi connectivity index (χ2v) is 25.7. The SMILES string of the molecule is CC(C)(C)OC(=O)N[C@H](CO)c1ccc(Cl)c(-c2nn[nH]n2)c1.CC1(C)C[C@@H](c2ccc(Cl)c(-c3nn[nH]n3)c2)CO1.Cn1nnnc1-c1cc([C@H](N)CO)ccc1Cl.Cn1nnnc1-c1cc([C@H]2COC(C)(C)C2)ccc1Cl.[C-]#[N+]c1cc([C@H](C)CO)ccc1Cl. The minimum atomic E-state index is -0.646. The number of nitrogens with one attached hydrogen (secondary N) is 3. The number of alkyl carbamates (subject to hydrolysis) is 1. The summed E-state index contributed by atoms with van der Waals surface area (Å²) in [6.45, 7) is 23.6. The molecule has 26 nitrogen and oxygen atoms in total. The van der Waals surface area contributed by atoms with E-state index in [2.05, 4.69) is 122 Å². The lowest BCUT2D eigenvalue weighted by Gasteiger charge is -2.23. The van der Waals surface area contributed by atoms with Crippen LogP contribution in [0.15, 0.2) is 91.0 Å². The Balaban J connectivity index is 0.000000165. The van der Waals surface area contributed by atoms with Crippen LogP contribution < -0.4 is 11.1 Å². The molecule has 0 unspecified atom stereocenters. The summed E-state index contributed by atoms with van der Waals surface area (Å²) in [5.41, 5.74) is 13.2. The molecule has 2 aliphatic heterocycles. The molecule has 4 aromatic heterocycles. The van der Waals surface area contributed by atoms with Crippen molar-refractivity contribution in [1.82, 2.24) is 87.0 Å². The lowest BCUT2D eigenvalue weighted by Crippen LogP contribution is -2.36. The van der Waals surface area contributed by atoms with Crippen LogP contribution in [0.2, 0.25) is 25.1 Å². The number of aryl methyl sites for hydroxylation is 2. The molecule has 0 bridgehead atoms. The van der Waals surface area contributed by atoms with E-state index in [0.29, 0.717) is 82.6 Å². The van der Waals surface area contributed by atoms with Crippen molar-refractivity contribution in [2.45, 2.75) is 115 Å². The molecule has 0 saturated carbocycles. The maximum atomic E-state index is 11.9. The van der Waals surface area contributed by atoms with Crippen LogP contribution >= 0.6 is 58.0 Å². The van der Waals surface area contributed by atoms with E-state index < -0.39 is 23.8 Å². The van der Waals surface area contributed by atoms with Gasteiger partial charge in [-0.15, -0.1) is 30.6 Å². The number of nitrogens with two attached hydrogens (primary N) is 1. The molecule has 6 heterocycles. The molecule has 8 N–H and O–H groups in total. The Labute approximate surface area is 556 Å². The van der Waals surface area contributed by atoms with Crippen molar-refractivity contribution in [2.24, 2.45) is 19.8 Å². The van der Waals surface area contributed by atoms with Crippen molar-refractivity contribution in [2.75, 3.05) is 33.0 Å². The van der Waals surface area contributed by atoms with E-state index in [1.807, 2.05) is 37.3 Å². The Bertz CT molecular complexity index is 3910. The number of aliphatic hydroxyl groups excluding tert-OH is 3. The zero-order valence-corrected chi connectivity index (χ0v) is 55.9. The lowest BCUT2D eigenvalue weighted by atomic mass is 9.91. The summed E-state index contributed by atoms with van der Waals surface area (Å²) in [5.74, 6) is 2.91. The molecule has 92 heavy (non-hydrogen) atoms. The van der Waals surface area contributed by atoms with Crippen LogP contribution in [-0.2, 0) is 28.3 Å². The fourth-order valence-corrected chi connectivity index (χ4v) is 10.6. The average molecular weight is 1360 g/mol. The maximum Gasteiger partial charge on any atom is 0.408 e. The van der Waals surface area contributed by atoms with E-state index in [1.165, 1.54) is 15.8 Å². The van der Waals surface area contributed by atoms with E-state index in [0.717, 1.165) is 48.3 Å². The highest BCUT2D eigenvalue weighted by Gasteiger charge is 2.34. The Morgan fingerprint density at radius 1 is 0.663 bits per heavy atom. The number of halogens is 5. The van der Waals surface area contributed by atoms with Gasteiger partial charge in [-0.25, -0.2) is 19.0 Å². The van der Waals surface area contributed by atoms with E-state index in [4.69, 9.17) is 94.7 Å². The first kappa shape index (κ1) is 71.8. The van der Waals surface area contributed by atoms with Crippen molar-refractivity contribution in [1.29, 1.82) is 0 Å². The van der Waals surface area contributed by atoms with Crippen molar-refractivity contribution in [3.63, 3.8) is 0 Å². The maximum absolute atomic E-state index is 11.9. The van der Waals surface area contributed by atoms with Gasteiger partial charge in [0.1, 0.15) is 5.60 Å². The van der Waals surface area contributed by atoms with Crippen LogP contribution in [0.4, 0.5) is 10.5 Å². The second-order valence-electron chi connectivity index (χ2n) is 23.7. The number of hydrogen-bond acceptors (Lipinski definition) is 20. The van der Waals surface area contributed by atoms with Gasteiger partial charge in [0, 0.05) is 65.7 Å². The summed E-state index contributed by atoms with van der Waals surface area (Å²) in [6, 6.07) is 26.5. The van der Waals surface area contributed by atoms with Crippen LogP contribution in [0.1, 0.15) is 126 Å². The van der Waals surface area contributed by atoms with Gasteiger partial charge in [0.2, 0.25) is 17.3 Å². The predicted molar refractivity (Wildman–Crippen MR) is 349 cm³/mol. The number of ether oxygens (including phenoxy) is 3. The first-order chi connectivity index (χ1) is 43.6. The van der Waals surface area contributed by atoms with Crippen LogP contribution in [0.5, 0.6) is 0 Å². The Kier molecular flexibility index (Phi) is 25.2. The highest BCUT2D eigenvalue weighted by molar-refractivity contribution is 6.34. The van der Waals surface area contributed by atoms with Crippen molar-refractivity contribution < 1.29 is 34.3 Å². The van der Waals surface area contributed by atoms with Gasteiger partial charge in [-0.05, 0) is 163 Å². The predicted octanol–water partition coefficient (Wildman–Crippen LogP) is 11.2. The number of amides is 1. The smallest absolute Gasteiger partial charge is 0.408 e. The number of carbonyl (C=O) groups excluding carboxylic acids is 1. The number of carbonyl (C=O) groups is 1. The second kappa shape index (κ2) is 32.3. The van der Waals surface area contributed by atoms with Crippen LogP contribution in [0, 0.1) is 6.57 Å². The number of hydrogen-bond donors (Lipinski definition) is 7. The quantitative estimate of drug-likeness (QED) is 0.0527. The standard InChI is InChI=1S/C14H18ClN5O3.C14H17ClN4O.C13H15ClN4O.C10H12ClN5O.C10H10ClNO/c1-14(2,3)23-13(22)16-11(7-21)8-4-5-10(15)9(6-8)12-17-19-20-18-12;1-14(2)7-10(8-20-14)9-4-5-12(15)11(6-9)13-16-17-18-19(13)3;1-13(2)6-9(7-19-13)8-3-4-11(14)10(5-8)12-15-17-18-16-12;1-16-10(13-14-15-16)7-4-6(9(12)5-17)2-3-8(7)11;1-7(6-13)8-3-4-9(11)10(5-8)12-2/h4-6,11,21H,7H2,1-3H3,(H,16,22)(H,17,18,19,20);4-6,10H,7-8H2,1-3H3;3-5,9H,6-7H2,1-2H3,(H,15,16,17,18);2-4,9,17H,5,12H2,1H3;3-5,7,13H,6H2,1H3/t11-;10-;2*9-;7-/m11111/s1. The van der Waals surface area contributed by atoms with Crippen molar-refractivity contribution in [3.05, 3.63) is 155 Å². The van der Waals surface area contributed by atoms with Gasteiger partial charge in [-0.1, -0.05) is 113 Å². The molecule has 488 valence electrons. The van der Waals surface area contributed by atoms with Crippen molar-refractivity contribution in [3.8, 4) is 45.6 Å². The number of nitrogens with zero attached hydrogens (tertiary/aromatic N) is 15. The lowest BCUT2D eigenvalue weighted by molar-refractivity contribution is 0.0357. The minimum Gasteiger partial charge on any atom is -0.444 e. The highest BCUT2D eigenvalue weighted by atomic mass is 35.5. The largest absolute Gasteiger partial charge is 0.444 e. The van der Waals surface area contributed by atoms with Crippen LogP contribution in [-0.4, -0.2) is 153 Å². The first-order valence-electron chi connectivity index (χ1n) is 28.8. The van der Waals surface area contributed by atoms with Gasteiger partial charge in [-0.3, -0.25) is 0 Å². The number of aromatic amines is 2. The fourth-order valence-electron chi connectivity index (χ4n) is 9.60. The van der Waals surface area contributed by atoms with E-state index in [1.54, 1.807) is 88.1 Å². The Morgan fingerprint density at radius 2 is 1.11 bits per heavy atom. The molecule has 31 heteroatoms. The van der Waals surface area contributed by atoms with E-state index >= 15 is 0 Å². The van der Waals surface area contributed by atoms with Crippen molar-refractivity contribution >= 4 is 69.8 Å². The third-order valence-corrected chi connectivity index (χ3v) is 16.1. The Morgan fingerprint density at radius 3 is 1.53 bits per heavy atom. The van der Waals surface area contributed by atoms with Gasteiger partial charge in [0.15, 0.2) is 11.6 Å². The third kappa shape index (κ3) is 19.7. The van der Waals surface area contributed by atoms with E-state index in [-0.39, 0.29) is 36.9 Å². The normalized spacial score (nSPS) is 16.4. The molecule has 2 fully saturated rings. The number of tetrazole rings is 4. The number of aromatic nitrogens is 16. The minimum absolute atomic E-state index is 0.0535. The number of rotatable bonds is 13. The molecule has 1 amide bonds. The number of benzene rings is 5. The third-order valence-electron chi connectivity index (χ3n) is 14.5. The van der Waals surface area contributed by atoms with E-state index in [9.17, 15) is 9.90 Å². The molecular weight excluding hydrogens is 1290 g/mol. The molecule has 0 aliphatic carbocycles. The topological polar surface area (TPSA) is 344 Å². The Hall–Kier alpha value is -7.65. The van der Waals surface area contributed by atoms with Gasteiger partial charge in [0.05, 0.1) is 76.4 Å².